The van der Waals surface area contributed by atoms with Gasteiger partial charge >= 0.3 is 0 Å². The molecule has 3 saturated carbocycles. The van der Waals surface area contributed by atoms with Crippen LogP contribution in [0.4, 0.5) is 0 Å². The van der Waals surface area contributed by atoms with Crippen molar-refractivity contribution in [3.05, 3.63) is 71.3 Å². The summed E-state index contributed by atoms with van der Waals surface area (Å²) < 4.78 is 25.2. The molecule has 0 saturated heterocycles. The Hall–Kier alpha value is -1.88. The van der Waals surface area contributed by atoms with E-state index in [-0.39, 0.29) is 23.7 Å². The molecule has 4 aromatic rings. The lowest BCUT2D eigenvalue weighted by molar-refractivity contribution is -0.239. The summed E-state index contributed by atoms with van der Waals surface area (Å²) in [7, 11) is 6.40. The van der Waals surface area contributed by atoms with E-state index in [4.69, 9.17) is 85.3 Å². The monoisotopic (exact) mass is 700 g/mol. The summed E-state index contributed by atoms with van der Waals surface area (Å²) in [5, 5.41) is 0. The highest BCUT2D eigenvalue weighted by Crippen LogP contribution is 2.81. The Labute approximate surface area is 286 Å². The number of ether oxygens (including phenoxy) is 4. The van der Waals surface area contributed by atoms with E-state index >= 15 is 0 Å². The number of para-hydroxylation sites is 4. The fourth-order valence-corrected chi connectivity index (χ4v) is 13.5. The van der Waals surface area contributed by atoms with Gasteiger partial charge < -0.3 is 18.9 Å². The van der Waals surface area contributed by atoms with E-state index in [2.05, 4.69) is 0 Å². The van der Waals surface area contributed by atoms with Crippen molar-refractivity contribution in [3.8, 4) is 0 Å². The van der Waals surface area contributed by atoms with Gasteiger partial charge in [-0.3, -0.25) is 0 Å². The van der Waals surface area contributed by atoms with Crippen molar-refractivity contribution in [2.45, 2.75) is 56.8 Å². The van der Waals surface area contributed by atoms with Crippen LogP contribution in [0.3, 0.4) is 0 Å². The Bertz CT molecular complexity index is 1690. The van der Waals surface area contributed by atoms with Crippen LogP contribution in [0.15, 0.2) is 48.5 Å². The Morgan fingerprint density at radius 3 is 0.870 bits per heavy atom. The maximum absolute atomic E-state index is 7.91. The van der Waals surface area contributed by atoms with Crippen molar-refractivity contribution in [3.63, 3.8) is 0 Å². The van der Waals surface area contributed by atoms with Gasteiger partial charge in [-0.05, 0) is 73.6 Å². The Kier molecular flexibility index (Phi) is 6.18. The zero-order chi connectivity index (χ0) is 32.1. The van der Waals surface area contributed by atoms with Gasteiger partial charge in [-0.2, -0.15) is 0 Å². The minimum atomic E-state index is -1.42. The first-order valence-electron chi connectivity index (χ1n) is 15.6. The molecule has 3 fully saturated rings. The third-order valence-corrected chi connectivity index (χ3v) is 15.0. The lowest BCUT2D eigenvalue weighted by Crippen LogP contribution is -2.54. The molecule has 5 aliphatic rings. The molecule has 0 amide bonds. The van der Waals surface area contributed by atoms with Crippen molar-refractivity contribution in [1.29, 1.82) is 0 Å². The molecule has 0 unspecified atom stereocenters. The molecule has 46 heavy (non-hydrogen) atoms. The van der Waals surface area contributed by atoms with Crippen LogP contribution in [0.5, 0.6) is 0 Å². The fraction of sp³-hybridized carbons (Fsp3) is 0.529. The van der Waals surface area contributed by atoms with Gasteiger partial charge in [0.05, 0.1) is 44.8 Å². The number of benzene rings is 2. The smallest absolute Gasteiger partial charge is 0.219 e. The predicted molar refractivity (Wildman–Crippen MR) is 175 cm³/mol. The second kappa shape index (κ2) is 9.42. The van der Waals surface area contributed by atoms with Crippen molar-refractivity contribution < 1.29 is 18.9 Å². The van der Waals surface area contributed by atoms with Crippen LogP contribution >= 0.6 is 46.4 Å². The van der Waals surface area contributed by atoms with Crippen molar-refractivity contribution in [2.75, 3.05) is 28.4 Å². The number of nitrogens with zero attached hydrogens (tertiary/aromatic N) is 4. The molecule has 4 bridgehead atoms. The molecule has 9 rings (SSSR count). The van der Waals surface area contributed by atoms with Crippen LogP contribution in [-0.2, 0) is 38.4 Å². The van der Waals surface area contributed by atoms with Gasteiger partial charge in [-0.1, -0.05) is 24.3 Å². The van der Waals surface area contributed by atoms with E-state index in [9.17, 15) is 0 Å². The largest absolute Gasteiger partial charge is 0.349 e. The molecular weight excluding hydrogens is 670 g/mol. The predicted octanol–water partition coefficient (Wildman–Crippen LogP) is 7.08. The standard InChI is InChI=1S/C34H32Cl4N4O4/c1-43-33(44-2)29(35)17-13-15-19-20(16-14-18(17)30(33,36)26-25(29)39-21-9-5-6-10-22(21)40-26)32(38)28-27(31(19,37)34(32,45-3)46-4)41-23-11-7-8-12-24(23)42-28/h5-12,17-20H,13-16H2,1-4H3/t17-,18+,19+,20-,29-,30+,31+,32-. The van der Waals surface area contributed by atoms with Crippen LogP contribution in [-0.4, -0.2) is 59.9 Å². The Morgan fingerprint density at radius 1 is 0.457 bits per heavy atom. The molecule has 12 heteroatoms. The van der Waals surface area contributed by atoms with Crippen LogP contribution in [0.1, 0.15) is 48.5 Å². The SMILES string of the molecule is COC1(OC)[C@@]2(Cl)c3nc4ccccc4nc3[C@]1(Cl)[C@@H]1CC[C@H]3[C@@H](CC[C@@H]12)[C@@]1(Cl)c2nc4ccccc4nc2[C@]3(Cl)C1(OC)OC. The number of halogens is 4. The van der Waals surface area contributed by atoms with Gasteiger partial charge in [0, 0.05) is 28.4 Å². The fourth-order valence-electron chi connectivity index (χ4n) is 10.6. The Balaban J connectivity index is 1.24. The minimum absolute atomic E-state index is 0.178. The molecular formula is C34H32Cl4N4O4. The molecule has 0 radical (unpaired) electrons. The van der Waals surface area contributed by atoms with E-state index in [1.165, 1.54) is 0 Å². The second-order valence-electron chi connectivity index (χ2n) is 13.3. The topological polar surface area (TPSA) is 88.5 Å². The number of hydrogen-bond donors (Lipinski definition) is 0. The molecule has 8 nitrogen and oxygen atoms in total. The van der Waals surface area contributed by atoms with Crippen molar-refractivity contribution >= 4 is 68.5 Å². The first kappa shape index (κ1) is 30.2. The normalized spacial score (nSPS) is 39.1. The average molecular weight is 702 g/mol. The van der Waals surface area contributed by atoms with Crippen molar-refractivity contribution in [2.24, 2.45) is 23.7 Å². The van der Waals surface area contributed by atoms with E-state index in [0.29, 0.717) is 48.5 Å². The van der Waals surface area contributed by atoms with E-state index < -0.39 is 31.1 Å². The number of aromatic nitrogens is 4. The first-order chi connectivity index (χ1) is 22.1. The average Bonchev–Trinajstić information content (AvgIpc) is 3.48. The molecule has 0 aliphatic heterocycles. The molecule has 2 aromatic heterocycles. The first-order valence-corrected chi connectivity index (χ1v) is 17.1. The summed E-state index contributed by atoms with van der Waals surface area (Å²) in [6.45, 7) is 0. The number of hydrogen-bond acceptors (Lipinski definition) is 8. The highest BCUT2D eigenvalue weighted by Gasteiger charge is 2.88. The lowest BCUT2D eigenvalue weighted by atomic mass is 9.65. The third kappa shape index (κ3) is 2.85. The summed E-state index contributed by atoms with van der Waals surface area (Å²) in [5.74, 6) is -3.54. The molecule has 0 spiro atoms. The lowest BCUT2D eigenvalue weighted by Gasteiger charge is -2.44. The molecule has 5 aliphatic carbocycles. The molecule has 2 heterocycles. The van der Waals surface area contributed by atoms with Crippen LogP contribution in [0.2, 0.25) is 0 Å². The number of alkyl halides is 4. The van der Waals surface area contributed by atoms with Gasteiger partial charge in [0.15, 0.2) is 0 Å². The maximum atomic E-state index is 7.91. The van der Waals surface area contributed by atoms with E-state index in [1.807, 2.05) is 48.5 Å². The zero-order valence-corrected chi connectivity index (χ0v) is 28.7. The van der Waals surface area contributed by atoms with E-state index in [1.54, 1.807) is 28.4 Å². The summed E-state index contributed by atoms with van der Waals surface area (Å²) in [5.41, 5.74) is 5.39. The summed E-state index contributed by atoms with van der Waals surface area (Å²) in [6.07, 6.45) is 2.59. The van der Waals surface area contributed by atoms with Gasteiger partial charge in [0.2, 0.25) is 11.6 Å². The van der Waals surface area contributed by atoms with E-state index in [0.717, 1.165) is 22.1 Å². The summed E-state index contributed by atoms with van der Waals surface area (Å²) >= 11 is 31.7. The molecule has 0 N–H and O–H groups in total. The van der Waals surface area contributed by atoms with Crippen LogP contribution in [0.25, 0.3) is 22.1 Å². The highest BCUT2D eigenvalue weighted by atomic mass is 35.5. The molecule has 2 aromatic carbocycles. The van der Waals surface area contributed by atoms with Gasteiger partial charge in [-0.15, -0.1) is 46.4 Å². The number of fused-ring (bicyclic) bond motifs is 18. The highest BCUT2D eigenvalue weighted by molar-refractivity contribution is 6.33. The zero-order valence-electron chi connectivity index (χ0n) is 25.7. The van der Waals surface area contributed by atoms with Crippen LogP contribution < -0.4 is 0 Å². The van der Waals surface area contributed by atoms with Gasteiger partial charge in [0.25, 0.3) is 0 Å². The summed E-state index contributed by atoms with van der Waals surface area (Å²) in [4.78, 5) is 15.5. The van der Waals surface area contributed by atoms with Gasteiger partial charge in [0.1, 0.15) is 19.5 Å². The Morgan fingerprint density at radius 2 is 0.674 bits per heavy atom. The molecule has 240 valence electrons. The minimum Gasteiger partial charge on any atom is -0.349 e. The maximum Gasteiger partial charge on any atom is 0.219 e. The number of rotatable bonds is 4. The molecule has 8 atom stereocenters. The number of methoxy groups -OCH3 is 4. The van der Waals surface area contributed by atoms with Gasteiger partial charge in [-0.25, -0.2) is 19.9 Å². The quantitative estimate of drug-likeness (QED) is 0.165. The second-order valence-corrected chi connectivity index (χ2v) is 15.7. The van der Waals surface area contributed by atoms with Crippen molar-refractivity contribution in [1.82, 2.24) is 19.9 Å². The summed E-state index contributed by atoms with van der Waals surface area (Å²) in [6, 6.07) is 15.5. The third-order valence-electron chi connectivity index (χ3n) is 12.2. The van der Waals surface area contributed by atoms with Crippen LogP contribution in [0, 0.1) is 23.7 Å².